The summed E-state index contributed by atoms with van der Waals surface area (Å²) in [5.74, 6) is -2.91. The summed E-state index contributed by atoms with van der Waals surface area (Å²) in [5.41, 5.74) is 0.289. The summed E-state index contributed by atoms with van der Waals surface area (Å²) in [6.07, 6.45) is 0.298. The number of carbonyl (C=O) groups is 1. The maximum atomic E-state index is 14.7. The van der Waals surface area contributed by atoms with E-state index in [9.17, 15) is 18.0 Å². The third-order valence-corrected chi connectivity index (χ3v) is 4.87. The number of aromatic nitrogens is 2. The number of benzene rings is 1. The molecule has 0 spiro atoms. The normalized spacial score (nSPS) is 25.8. The molecule has 0 saturated carbocycles. The Morgan fingerprint density at radius 2 is 1.96 bits per heavy atom. The van der Waals surface area contributed by atoms with Gasteiger partial charge in [-0.3, -0.25) is 9.63 Å². The molecule has 2 saturated heterocycles. The van der Waals surface area contributed by atoms with Crippen LogP contribution in [0.4, 0.5) is 19.2 Å². The third kappa shape index (κ3) is 3.48. The first kappa shape index (κ1) is 17.8. The number of hydroxylamine groups is 2. The quantitative estimate of drug-likeness (QED) is 0.812. The lowest BCUT2D eigenvalue weighted by Crippen LogP contribution is -2.48. The monoisotopic (exact) mass is 382 g/mol. The van der Waals surface area contributed by atoms with Gasteiger partial charge in [0.05, 0.1) is 25.1 Å². The highest BCUT2D eigenvalue weighted by Gasteiger charge is 2.42. The maximum absolute atomic E-state index is 14.7. The van der Waals surface area contributed by atoms with Gasteiger partial charge in [0, 0.05) is 19.0 Å². The summed E-state index contributed by atoms with van der Waals surface area (Å²) >= 11 is 0. The Morgan fingerprint density at radius 1 is 1.19 bits per heavy atom. The van der Waals surface area contributed by atoms with E-state index in [1.54, 1.807) is 4.90 Å². The molecule has 0 aliphatic carbocycles. The van der Waals surface area contributed by atoms with Crippen molar-refractivity contribution < 1.29 is 27.2 Å². The van der Waals surface area contributed by atoms with Crippen molar-refractivity contribution >= 4 is 11.9 Å². The molecule has 1 amide bonds. The Bertz CT molecular complexity index is 800. The smallest absolute Gasteiger partial charge is 0.318 e. The van der Waals surface area contributed by atoms with E-state index >= 15 is 0 Å². The topological polar surface area (TPSA) is 71.7 Å². The van der Waals surface area contributed by atoms with E-state index in [1.165, 1.54) is 0 Å². The fourth-order valence-electron chi connectivity index (χ4n) is 3.58. The first-order valence-electron chi connectivity index (χ1n) is 8.60. The zero-order valence-electron chi connectivity index (χ0n) is 14.2. The minimum absolute atomic E-state index is 0.0638. The van der Waals surface area contributed by atoms with Crippen molar-refractivity contribution in [1.29, 1.82) is 0 Å². The number of alkyl halides is 1. The van der Waals surface area contributed by atoms with Gasteiger partial charge in [0.25, 0.3) is 5.91 Å². The van der Waals surface area contributed by atoms with Crippen LogP contribution in [-0.2, 0) is 9.63 Å². The molecule has 3 atom stereocenters. The fourth-order valence-corrected chi connectivity index (χ4v) is 3.58. The van der Waals surface area contributed by atoms with Gasteiger partial charge >= 0.3 is 6.01 Å². The number of halogens is 3. The minimum Gasteiger partial charge on any atom is -0.411 e. The van der Waals surface area contributed by atoms with Crippen LogP contribution < -0.4 is 4.90 Å². The number of nitrogens with zero attached hydrogens (tertiary/aromatic N) is 4. The second-order valence-corrected chi connectivity index (χ2v) is 6.58. The molecule has 3 heterocycles. The van der Waals surface area contributed by atoms with E-state index < -0.39 is 35.7 Å². The van der Waals surface area contributed by atoms with Crippen molar-refractivity contribution in [3.8, 4) is 0 Å². The molecule has 144 valence electrons. The molecule has 2 aliphatic heterocycles. The predicted octanol–water partition coefficient (Wildman–Crippen LogP) is 2.42. The van der Waals surface area contributed by atoms with Crippen molar-refractivity contribution in [2.24, 2.45) is 5.92 Å². The van der Waals surface area contributed by atoms with Gasteiger partial charge < -0.3 is 9.32 Å². The molecule has 1 aromatic heterocycles. The summed E-state index contributed by atoms with van der Waals surface area (Å²) < 4.78 is 46.8. The molecule has 10 heteroatoms. The number of carbonyl (C=O) groups excluding carboxylic acids is 1. The first-order chi connectivity index (χ1) is 13.0. The van der Waals surface area contributed by atoms with Crippen LogP contribution >= 0.6 is 0 Å². The third-order valence-electron chi connectivity index (χ3n) is 4.87. The average molecular weight is 382 g/mol. The van der Waals surface area contributed by atoms with Crippen LogP contribution in [0.3, 0.4) is 0 Å². The molecule has 1 aromatic carbocycles. The molecule has 0 N–H and O–H groups in total. The number of rotatable bonds is 3. The second-order valence-electron chi connectivity index (χ2n) is 6.58. The molecule has 2 aromatic rings. The van der Waals surface area contributed by atoms with Gasteiger partial charge in [0.15, 0.2) is 0 Å². The van der Waals surface area contributed by atoms with E-state index in [2.05, 4.69) is 10.2 Å². The second kappa shape index (κ2) is 7.18. The van der Waals surface area contributed by atoms with E-state index in [0.717, 1.165) is 29.7 Å². The van der Waals surface area contributed by atoms with Gasteiger partial charge in [-0.1, -0.05) is 5.10 Å². The highest BCUT2D eigenvalue weighted by molar-refractivity contribution is 5.79. The number of hydrogen-bond acceptors (Lipinski definition) is 6. The molecule has 2 fully saturated rings. The van der Waals surface area contributed by atoms with E-state index in [4.69, 9.17) is 9.25 Å². The van der Waals surface area contributed by atoms with E-state index in [0.29, 0.717) is 13.0 Å². The van der Waals surface area contributed by atoms with Crippen LogP contribution in [0, 0.1) is 17.6 Å². The summed E-state index contributed by atoms with van der Waals surface area (Å²) in [7, 11) is 0. The van der Waals surface area contributed by atoms with Crippen molar-refractivity contribution in [3.63, 3.8) is 0 Å². The predicted molar refractivity (Wildman–Crippen MR) is 86.0 cm³/mol. The zero-order valence-corrected chi connectivity index (χ0v) is 14.2. The largest absolute Gasteiger partial charge is 0.411 e. The molecule has 27 heavy (non-hydrogen) atoms. The van der Waals surface area contributed by atoms with Gasteiger partial charge in [0.2, 0.25) is 6.39 Å². The summed E-state index contributed by atoms with van der Waals surface area (Å²) in [6, 6.07) is 2.63. The molecule has 4 rings (SSSR count). The molecule has 0 unspecified atom stereocenters. The summed E-state index contributed by atoms with van der Waals surface area (Å²) in [5, 5.41) is 8.36. The lowest BCUT2D eigenvalue weighted by Gasteiger charge is -2.35. The lowest BCUT2D eigenvalue weighted by molar-refractivity contribution is -0.184. The number of amides is 1. The zero-order chi connectivity index (χ0) is 19.0. The van der Waals surface area contributed by atoms with Gasteiger partial charge in [-0.15, -0.1) is 5.10 Å². The van der Waals surface area contributed by atoms with Gasteiger partial charge in [-0.25, -0.2) is 18.2 Å². The first-order valence-corrected chi connectivity index (χ1v) is 8.60. The van der Waals surface area contributed by atoms with Gasteiger partial charge in [-0.2, -0.15) is 0 Å². The van der Waals surface area contributed by atoms with Crippen molar-refractivity contribution in [2.75, 3.05) is 24.6 Å². The Balaban J connectivity index is 1.48. The summed E-state index contributed by atoms with van der Waals surface area (Å²) in [6.45, 7) is 0.518. The maximum Gasteiger partial charge on any atom is 0.318 e. The average Bonchev–Trinajstić information content (AvgIpc) is 3.32. The molecule has 2 aliphatic rings. The number of anilines is 1. The van der Waals surface area contributed by atoms with Crippen LogP contribution in [-0.4, -0.2) is 47.0 Å². The van der Waals surface area contributed by atoms with Crippen LogP contribution in [0.2, 0.25) is 0 Å². The van der Waals surface area contributed by atoms with Crippen LogP contribution in [0.5, 0.6) is 0 Å². The van der Waals surface area contributed by atoms with E-state index in [-0.39, 0.29) is 31.2 Å². The lowest BCUT2D eigenvalue weighted by atomic mass is 9.93. The van der Waals surface area contributed by atoms with Crippen LogP contribution in [0.1, 0.15) is 24.4 Å². The Morgan fingerprint density at radius 3 is 2.63 bits per heavy atom. The van der Waals surface area contributed by atoms with E-state index in [1.807, 2.05) is 0 Å². The SMILES string of the molecule is O=C([C@@H]1CCN(c2nnco2)C[C@@H]1F)N1OCC[C@H]1c1cc(F)cc(F)c1. The van der Waals surface area contributed by atoms with Crippen molar-refractivity contribution in [2.45, 2.75) is 25.1 Å². The highest BCUT2D eigenvalue weighted by Crippen LogP contribution is 2.35. The van der Waals surface area contributed by atoms with Gasteiger partial charge in [0.1, 0.15) is 17.8 Å². The fraction of sp³-hybridized carbons (Fsp3) is 0.471. The molecule has 7 nitrogen and oxygen atoms in total. The number of piperidine rings is 1. The molecular weight excluding hydrogens is 365 g/mol. The number of hydrogen-bond donors (Lipinski definition) is 0. The standard InChI is InChI=1S/C17H17F3N4O3/c18-11-5-10(6-12(19)7-11)15-2-4-27-24(15)16(25)13-1-3-23(8-14(13)20)17-22-21-9-26-17/h5-7,9,13-15H,1-4,8H2/t13-,14+,15+/m1/s1. The summed E-state index contributed by atoms with van der Waals surface area (Å²) in [4.78, 5) is 19.8. The van der Waals surface area contributed by atoms with Crippen LogP contribution in [0.15, 0.2) is 29.0 Å². The Labute approximate surface area is 152 Å². The minimum atomic E-state index is -1.47. The van der Waals surface area contributed by atoms with Crippen LogP contribution in [0.25, 0.3) is 0 Å². The highest BCUT2D eigenvalue weighted by atomic mass is 19.1. The Hall–Kier alpha value is -2.62. The van der Waals surface area contributed by atoms with Gasteiger partial charge in [-0.05, 0) is 24.1 Å². The van der Waals surface area contributed by atoms with Crippen molar-refractivity contribution in [1.82, 2.24) is 15.3 Å². The molecule has 0 bridgehead atoms. The molecule has 0 radical (unpaired) electrons. The Kier molecular flexibility index (Phi) is 4.73. The van der Waals surface area contributed by atoms with Crippen molar-refractivity contribution in [3.05, 3.63) is 41.8 Å². The molecular formula is C17H17F3N4O3.